The smallest absolute Gasteiger partial charge is 0.314 e. The first-order valence-electron chi connectivity index (χ1n) is 4.75. The summed E-state index contributed by atoms with van der Waals surface area (Å²) in [5.41, 5.74) is 5.39. The molecule has 2 N–H and O–H groups in total. The number of nitro groups is 1. The topological polar surface area (TPSA) is 87.6 Å². The van der Waals surface area contributed by atoms with Crippen molar-refractivity contribution in [2.75, 3.05) is 13.7 Å². The highest BCUT2D eigenvalue weighted by atomic mass is 16.6. The van der Waals surface area contributed by atoms with Crippen molar-refractivity contribution in [1.82, 2.24) is 0 Å². The van der Waals surface area contributed by atoms with Gasteiger partial charge in [-0.1, -0.05) is 0 Å². The molecule has 1 aromatic carbocycles. The summed E-state index contributed by atoms with van der Waals surface area (Å²) in [7, 11) is 1.38. The minimum absolute atomic E-state index is 0.121. The van der Waals surface area contributed by atoms with Gasteiger partial charge in [-0.3, -0.25) is 10.1 Å². The first-order chi connectivity index (χ1) is 7.54. The van der Waals surface area contributed by atoms with Crippen molar-refractivity contribution in [2.45, 2.75) is 13.0 Å². The van der Waals surface area contributed by atoms with Crippen molar-refractivity contribution in [3.8, 4) is 11.5 Å². The predicted molar refractivity (Wildman–Crippen MR) is 58.8 cm³/mol. The van der Waals surface area contributed by atoms with Crippen LogP contribution >= 0.6 is 0 Å². The van der Waals surface area contributed by atoms with Crippen molar-refractivity contribution >= 4 is 5.69 Å². The number of nitro benzene ring substituents is 1. The highest BCUT2D eigenvalue weighted by Crippen LogP contribution is 2.30. The SMILES string of the molecule is COc1ccc(OCC(C)N)cc1[N+](=O)[O-]. The summed E-state index contributed by atoms with van der Waals surface area (Å²) >= 11 is 0. The number of hydrogen-bond acceptors (Lipinski definition) is 5. The molecule has 16 heavy (non-hydrogen) atoms. The predicted octanol–water partition coefficient (Wildman–Crippen LogP) is 1.33. The van der Waals surface area contributed by atoms with Crippen LogP contribution < -0.4 is 15.2 Å². The molecule has 0 bridgehead atoms. The molecule has 0 radical (unpaired) electrons. The fraction of sp³-hybridized carbons (Fsp3) is 0.400. The Kier molecular flexibility index (Phi) is 4.07. The van der Waals surface area contributed by atoms with Crippen molar-refractivity contribution in [1.29, 1.82) is 0 Å². The zero-order valence-electron chi connectivity index (χ0n) is 9.17. The lowest BCUT2D eigenvalue weighted by Gasteiger charge is -2.09. The van der Waals surface area contributed by atoms with Gasteiger partial charge in [-0.25, -0.2) is 0 Å². The molecule has 1 aromatic rings. The maximum atomic E-state index is 10.7. The van der Waals surface area contributed by atoms with Gasteiger partial charge in [-0.15, -0.1) is 0 Å². The highest BCUT2D eigenvalue weighted by molar-refractivity contribution is 5.50. The number of nitrogens with zero attached hydrogens (tertiary/aromatic N) is 1. The molecule has 0 amide bonds. The fourth-order valence-electron chi connectivity index (χ4n) is 1.13. The summed E-state index contributed by atoms with van der Waals surface area (Å²) in [4.78, 5) is 10.2. The standard InChI is InChI=1S/C10H14N2O4/c1-7(11)6-16-8-3-4-10(15-2)9(5-8)12(13)14/h3-5,7H,6,11H2,1-2H3. The molecule has 1 rings (SSSR count). The van der Waals surface area contributed by atoms with Gasteiger partial charge in [-0.2, -0.15) is 0 Å². The van der Waals surface area contributed by atoms with Crippen LogP contribution in [-0.2, 0) is 0 Å². The van der Waals surface area contributed by atoms with Gasteiger partial charge in [0, 0.05) is 6.04 Å². The third kappa shape index (κ3) is 3.09. The van der Waals surface area contributed by atoms with Crippen LogP contribution in [0.5, 0.6) is 11.5 Å². The van der Waals surface area contributed by atoms with Crippen molar-refractivity contribution < 1.29 is 14.4 Å². The normalized spacial score (nSPS) is 11.9. The Morgan fingerprint density at radius 1 is 1.56 bits per heavy atom. The van der Waals surface area contributed by atoms with Gasteiger partial charge in [0.1, 0.15) is 12.4 Å². The number of rotatable bonds is 5. The molecule has 88 valence electrons. The van der Waals surface area contributed by atoms with Crippen LogP contribution in [0.15, 0.2) is 18.2 Å². The Morgan fingerprint density at radius 3 is 2.75 bits per heavy atom. The van der Waals surface area contributed by atoms with E-state index in [1.165, 1.54) is 19.2 Å². The molecule has 0 fully saturated rings. The Bertz CT molecular complexity index is 379. The van der Waals surface area contributed by atoms with E-state index in [0.717, 1.165) is 0 Å². The summed E-state index contributed by atoms with van der Waals surface area (Å²) in [5.74, 6) is 0.614. The molecule has 0 aliphatic rings. The second-order valence-corrected chi connectivity index (χ2v) is 3.38. The second-order valence-electron chi connectivity index (χ2n) is 3.38. The maximum Gasteiger partial charge on any atom is 0.314 e. The average molecular weight is 226 g/mol. The molecule has 0 aromatic heterocycles. The molecular weight excluding hydrogens is 212 g/mol. The first-order valence-corrected chi connectivity index (χ1v) is 4.75. The Hall–Kier alpha value is -1.82. The molecule has 1 unspecified atom stereocenters. The second kappa shape index (κ2) is 5.32. The lowest BCUT2D eigenvalue weighted by Crippen LogP contribution is -2.23. The molecule has 0 heterocycles. The third-order valence-corrected chi connectivity index (χ3v) is 1.86. The van der Waals surface area contributed by atoms with Crippen LogP contribution in [0.4, 0.5) is 5.69 Å². The maximum absolute atomic E-state index is 10.7. The number of methoxy groups -OCH3 is 1. The van der Waals surface area contributed by atoms with Gasteiger partial charge < -0.3 is 15.2 Å². The zero-order chi connectivity index (χ0) is 12.1. The third-order valence-electron chi connectivity index (χ3n) is 1.86. The van der Waals surface area contributed by atoms with Crippen LogP contribution in [0.1, 0.15) is 6.92 Å². The average Bonchev–Trinajstić information content (AvgIpc) is 2.25. The van der Waals surface area contributed by atoms with E-state index in [2.05, 4.69) is 0 Å². The lowest BCUT2D eigenvalue weighted by molar-refractivity contribution is -0.385. The monoisotopic (exact) mass is 226 g/mol. The largest absolute Gasteiger partial charge is 0.492 e. The molecule has 0 saturated carbocycles. The molecule has 0 aliphatic carbocycles. The van der Waals surface area contributed by atoms with Gasteiger partial charge in [-0.05, 0) is 19.1 Å². The quantitative estimate of drug-likeness (QED) is 0.604. The van der Waals surface area contributed by atoms with Crippen LogP contribution in [0, 0.1) is 10.1 Å². The molecular formula is C10H14N2O4. The van der Waals surface area contributed by atoms with Gasteiger partial charge in [0.25, 0.3) is 0 Å². The van der Waals surface area contributed by atoms with E-state index < -0.39 is 4.92 Å². The Morgan fingerprint density at radius 2 is 2.25 bits per heavy atom. The number of hydrogen-bond donors (Lipinski definition) is 1. The molecule has 0 spiro atoms. The van der Waals surface area contributed by atoms with E-state index in [1.54, 1.807) is 13.0 Å². The number of nitrogens with two attached hydrogens (primary N) is 1. The van der Waals surface area contributed by atoms with Gasteiger partial charge in [0.05, 0.1) is 18.1 Å². The molecule has 0 aliphatic heterocycles. The number of ether oxygens (including phenoxy) is 2. The van der Waals surface area contributed by atoms with Gasteiger partial charge >= 0.3 is 5.69 Å². The molecule has 6 heteroatoms. The summed E-state index contributed by atoms with van der Waals surface area (Å²) in [6, 6.07) is 4.30. The van der Waals surface area contributed by atoms with E-state index >= 15 is 0 Å². The summed E-state index contributed by atoms with van der Waals surface area (Å²) in [5, 5.41) is 10.7. The van der Waals surface area contributed by atoms with Crippen LogP contribution in [0.3, 0.4) is 0 Å². The lowest BCUT2D eigenvalue weighted by atomic mass is 10.3. The zero-order valence-corrected chi connectivity index (χ0v) is 9.17. The minimum Gasteiger partial charge on any atom is -0.492 e. The fourth-order valence-corrected chi connectivity index (χ4v) is 1.13. The van der Waals surface area contributed by atoms with Crippen molar-refractivity contribution in [3.63, 3.8) is 0 Å². The van der Waals surface area contributed by atoms with Crippen LogP contribution in [-0.4, -0.2) is 24.7 Å². The molecule has 0 saturated heterocycles. The first kappa shape index (κ1) is 12.3. The van der Waals surface area contributed by atoms with Crippen molar-refractivity contribution in [2.24, 2.45) is 5.73 Å². The van der Waals surface area contributed by atoms with E-state index in [4.69, 9.17) is 15.2 Å². The van der Waals surface area contributed by atoms with Gasteiger partial charge in [0.2, 0.25) is 0 Å². The minimum atomic E-state index is -0.516. The van der Waals surface area contributed by atoms with Crippen LogP contribution in [0.2, 0.25) is 0 Å². The van der Waals surface area contributed by atoms with Gasteiger partial charge in [0.15, 0.2) is 5.75 Å². The summed E-state index contributed by atoms with van der Waals surface area (Å²) < 4.78 is 10.1. The van der Waals surface area contributed by atoms with E-state index in [9.17, 15) is 10.1 Å². The van der Waals surface area contributed by atoms with E-state index in [0.29, 0.717) is 12.4 Å². The van der Waals surface area contributed by atoms with Crippen molar-refractivity contribution in [3.05, 3.63) is 28.3 Å². The summed E-state index contributed by atoms with van der Waals surface area (Å²) in [6.45, 7) is 2.10. The Balaban J connectivity index is 2.89. The summed E-state index contributed by atoms with van der Waals surface area (Å²) in [6.07, 6.45) is 0. The number of benzene rings is 1. The molecule has 6 nitrogen and oxygen atoms in total. The van der Waals surface area contributed by atoms with E-state index in [-0.39, 0.29) is 17.5 Å². The van der Waals surface area contributed by atoms with E-state index in [1.807, 2.05) is 0 Å². The van der Waals surface area contributed by atoms with Crippen LogP contribution in [0.25, 0.3) is 0 Å². The highest BCUT2D eigenvalue weighted by Gasteiger charge is 2.15. The Labute approximate surface area is 93.1 Å². The molecule has 1 atom stereocenters.